The van der Waals surface area contributed by atoms with Gasteiger partial charge in [-0.25, -0.2) is 0 Å². The molecule has 0 bridgehead atoms. The van der Waals surface area contributed by atoms with Gasteiger partial charge in [-0.2, -0.15) is 0 Å². The van der Waals surface area contributed by atoms with Crippen LogP contribution in [0.3, 0.4) is 0 Å². The van der Waals surface area contributed by atoms with Crippen LogP contribution in [0.5, 0.6) is 0 Å². The van der Waals surface area contributed by atoms with Crippen molar-refractivity contribution in [2.75, 3.05) is 13.2 Å². The standard InChI is InChI=1S/C13H19NO7/c15-5-9-12(10(17)11(18)13(19)21-9)20-6-8(16)7-3-1-2-4-14-7/h1-4,8-13,15-19H,5-6H2/t8-,9+,10+,11+,12-,13+/m0/s1. The Morgan fingerprint density at radius 2 is 2.00 bits per heavy atom. The number of rotatable bonds is 5. The van der Waals surface area contributed by atoms with E-state index in [1.54, 1.807) is 18.2 Å². The molecule has 21 heavy (non-hydrogen) atoms. The summed E-state index contributed by atoms with van der Waals surface area (Å²) >= 11 is 0. The maximum absolute atomic E-state index is 9.93. The Morgan fingerprint density at radius 3 is 2.62 bits per heavy atom. The highest BCUT2D eigenvalue weighted by atomic mass is 16.7. The van der Waals surface area contributed by atoms with E-state index in [1.807, 2.05) is 0 Å². The Morgan fingerprint density at radius 1 is 1.24 bits per heavy atom. The first-order chi connectivity index (χ1) is 10.0. The molecule has 0 aliphatic carbocycles. The van der Waals surface area contributed by atoms with Crippen LogP contribution in [0.1, 0.15) is 11.8 Å². The van der Waals surface area contributed by atoms with E-state index in [1.165, 1.54) is 6.20 Å². The largest absolute Gasteiger partial charge is 0.394 e. The van der Waals surface area contributed by atoms with E-state index >= 15 is 0 Å². The van der Waals surface area contributed by atoms with Crippen molar-refractivity contribution in [2.45, 2.75) is 36.8 Å². The summed E-state index contributed by atoms with van der Waals surface area (Å²) in [6, 6.07) is 5.03. The minimum Gasteiger partial charge on any atom is -0.394 e. The van der Waals surface area contributed by atoms with Crippen molar-refractivity contribution in [1.29, 1.82) is 0 Å². The first-order valence-corrected chi connectivity index (χ1v) is 6.55. The van der Waals surface area contributed by atoms with Gasteiger partial charge in [0.15, 0.2) is 6.29 Å². The van der Waals surface area contributed by atoms with Crippen LogP contribution in [0, 0.1) is 0 Å². The quantitative estimate of drug-likeness (QED) is 0.419. The Labute approximate surface area is 121 Å². The molecule has 0 amide bonds. The molecule has 1 fully saturated rings. The molecule has 0 saturated carbocycles. The summed E-state index contributed by atoms with van der Waals surface area (Å²) in [4.78, 5) is 3.97. The van der Waals surface area contributed by atoms with Crippen LogP contribution >= 0.6 is 0 Å². The van der Waals surface area contributed by atoms with Crippen LogP contribution in [-0.4, -0.2) is 74.4 Å². The van der Waals surface area contributed by atoms with Gasteiger partial charge in [0.1, 0.15) is 30.5 Å². The van der Waals surface area contributed by atoms with Gasteiger partial charge in [-0.1, -0.05) is 6.07 Å². The number of aliphatic hydroxyl groups excluding tert-OH is 5. The summed E-state index contributed by atoms with van der Waals surface area (Å²) in [5.41, 5.74) is 0.393. The van der Waals surface area contributed by atoms with Gasteiger partial charge in [0, 0.05) is 6.20 Å². The average Bonchev–Trinajstić information content (AvgIpc) is 2.52. The van der Waals surface area contributed by atoms with Gasteiger partial charge in [-0.15, -0.1) is 0 Å². The van der Waals surface area contributed by atoms with E-state index in [9.17, 15) is 25.5 Å². The molecular weight excluding hydrogens is 282 g/mol. The lowest BCUT2D eigenvalue weighted by Gasteiger charge is -2.40. The number of pyridine rings is 1. The molecule has 0 spiro atoms. The Bertz CT molecular complexity index is 430. The second kappa shape index (κ2) is 7.23. The number of nitrogens with zero attached hydrogens (tertiary/aromatic N) is 1. The van der Waals surface area contributed by atoms with Gasteiger partial charge in [0.05, 0.1) is 18.9 Å². The van der Waals surface area contributed by atoms with E-state index in [0.29, 0.717) is 5.69 Å². The molecule has 8 nitrogen and oxygen atoms in total. The summed E-state index contributed by atoms with van der Waals surface area (Å²) < 4.78 is 10.3. The highest BCUT2D eigenvalue weighted by Gasteiger charge is 2.44. The molecule has 1 aromatic heterocycles. The number of hydrogen-bond acceptors (Lipinski definition) is 8. The average molecular weight is 301 g/mol. The third kappa shape index (κ3) is 3.74. The summed E-state index contributed by atoms with van der Waals surface area (Å²) in [6.07, 6.45) is -6.18. The smallest absolute Gasteiger partial charge is 0.184 e. The number of hydrogen-bond donors (Lipinski definition) is 5. The second-order valence-electron chi connectivity index (χ2n) is 4.80. The molecule has 0 unspecified atom stereocenters. The molecular formula is C13H19NO7. The van der Waals surface area contributed by atoms with Crippen molar-refractivity contribution < 1.29 is 35.0 Å². The van der Waals surface area contributed by atoms with Crippen LogP contribution in [0.4, 0.5) is 0 Å². The number of ether oxygens (including phenoxy) is 2. The third-order valence-corrected chi connectivity index (χ3v) is 3.31. The maximum Gasteiger partial charge on any atom is 0.184 e. The molecule has 1 aliphatic rings. The Kier molecular flexibility index (Phi) is 5.59. The predicted molar refractivity (Wildman–Crippen MR) is 68.9 cm³/mol. The van der Waals surface area contributed by atoms with Crippen molar-refractivity contribution in [1.82, 2.24) is 4.98 Å². The highest BCUT2D eigenvalue weighted by molar-refractivity contribution is 5.06. The molecule has 6 atom stereocenters. The molecule has 2 heterocycles. The summed E-state index contributed by atoms with van der Waals surface area (Å²) in [5, 5.41) is 47.9. The lowest BCUT2D eigenvalue weighted by Crippen LogP contribution is -2.59. The molecule has 5 N–H and O–H groups in total. The molecule has 8 heteroatoms. The first-order valence-electron chi connectivity index (χ1n) is 6.55. The van der Waals surface area contributed by atoms with Gasteiger partial charge >= 0.3 is 0 Å². The van der Waals surface area contributed by atoms with E-state index in [0.717, 1.165) is 0 Å². The second-order valence-corrected chi connectivity index (χ2v) is 4.80. The van der Waals surface area contributed by atoms with Gasteiger partial charge in [0.2, 0.25) is 0 Å². The number of aromatic nitrogens is 1. The van der Waals surface area contributed by atoms with E-state index in [-0.39, 0.29) is 6.61 Å². The zero-order chi connectivity index (χ0) is 15.4. The van der Waals surface area contributed by atoms with Crippen LogP contribution in [0.15, 0.2) is 24.4 Å². The lowest BCUT2D eigenvalue weighted by molar-refractivity contribution is -0.296. The van der Waals surface area contributed by atoms with Crippen LogP contribution < -0.4 is 0 Å². The molecule has 1 aliphatic heterocycles. The Balaban J connectivity index is 1.97. The fourth-order valence-corrected chi connectivity index (χ4v) is 2.13. The van der Waals surface area contributed by atoms with Crippen molar-refractivity contribution in [3.63, 3.8) is 0 Å². The third-order valence-electron chi connectivity index (χ3n) is 3.31. The van der Waals surface area contributed by atoms with Crippen LogP contribution in [0.2, 0.25) is 0 Å². The fourth-order valence-electron chi connectivity index (χ4n) is 2.13. The van der Waals surface area contributed by atoms with Crippen LogP contribution in [-0.2, 0) is 9.47 Å². The highest BCUT2D eigenvalue weighted by Crippen LogP contribution is 2.23. The molecule has 2 rings (SSSR count). The first kappa shape index (κ1) is 16.2. The van der Waals surface area contributed by atoms with E-state index in [4.69, 9.17) is 9.47 Å². The Hall–Kier alpha value is -1.13. The van der Waals surface area contributed by atoms with Crippen molar-refractivity contribution in [3.05, 3.63) is 30.1 Å². The van der Waals surface area contributed by atoms with Crippen LogP contribution in [0.25, 0.3) is 0 Å². The summed E-state index contributed by atoms with van der Waals surface area (Å²) in [5.74, 6) is 0. The summed E-state index contributed by atoms with van der Waals surface area (Å²) in [6.45, 7) is -0.716. The topological polar surface area (TPSA) is 132 Å². The van der Waals surface area contributed by atoms with Crippen molar-refractivity contribution >= 4 is 0 Å². The van der Waals surface area contributed by atoms with Gasteiger partial charge in [0.25, 0.3) is 0 Å². The van der Waals surface area contributed by atoms with Crippen molar-refractivity contribution in [2.24, 2.45) is 0 Å². The fraction of sp³-hybridized carbons (Fsp3) is 0.615. The maximum atomic E-state index is 9.93. The molecule has 118 valence electrons. The minimum absolute atomic E-state index is 0.207. The van der Waals surface area contributed by atoms with E-state index in [2.05, 4.69) is 4.98 Å². The molecule has 0 radical (unpaired) electrons. The van der Waals surface area contributed by atoms with Gasteiger partial charge in [-0.3, -0.25) is 4.98 Å². The predicted octanol–water partition coefficient (Wildman–Crippen LogP) is -2.07. The molecule has 0 aromatic carbocycles. The SMILES string of the molecule is OC[C@H]1O[C@@H](O)[C@H](O)[C@@H](O)[C@H]1OC[C@H](O)c1ccccn1. The normalized spacial score (nSPS) is 34.6. The van der Waals surface area contributed by atoms with Gasteiger partial charge in [-0.05, 0) is 12.1 Å². The lowest BCUT2D eigenvalue weighted by atomic mass is 9.99. The van der Waals surface area contributed by atoms with Gasteiger partial charge < -0.3 is 35.0 Å². The van der Waals surface area contributed by atoms with Crippen molar-refractivity contribution in [3.8, 4) is 0 Å². The summed E-state index contributed by atoms with van der Waals surface area (Å²) in [7, 11) is 0. The molecule has 1 saturated heterocycles. The molecule has 1 aromatic rings. The monoisotopic (exact) mass is 301 g/mol. The zero-order valence-electron chi connectivity index (χ0n) is 11.2. The van der Waals surface area contributed by atoms with E-state index < -0.39 is 43.4 Å². The zero-order valence-corrected chi connectivity index (χ0v) is 11.2. The number of aliphatic hydroxyl groups is 5. The minimum atomic E-state index is -1.60.